The maximum atomic E-state index is 13.3. The van der Waals surface area contributed by atoms with Crippen LogP contribution >= 0.6 is 0 Å². The van der Waals surface area contributed by atoms with Gasteiger partial charge in [0.05, 0.1) is 0 Å². The van der Waals surface area contributed by atoms with Gasteiger partial charge in [-0.25, -0.2) is 27.2 Å². The van der Waals surface area contributed by atoms with Crippen LogP contribution in [0, 0.1) is 23.3 Å². The predicted molar refractivity (Wildman–Crippen MR) is 48.8 cm³/mol. The molecule has 1 aromatic rings. The largest absolute Gasteiger partial charge is 0.709 e. The van der Waals surface area contributed by atoms with Gasteiger partial charge < -0.3 is 19.8 Å². The number of rotatable bonds is 3. The van der Waals surface area contributed by atoms with Gasteiger partial charge in [-0.2, -0.15) is 0 Å². The van der Waals surface area contributed by atoms with Crippen molar-refractivity contribution in [3.8, 4) is 0 Å². The molecule has 0 aliphatic heterocycles. The first-order valence-corrected chi connectivity index (χ1v) is 4.34. The van der Waals surface area contributed by atoms with Gasteiger partial charge in [0.15, 0.2) is 23.3 Å². The number of hydrogen-bond donors (Lipinski definition) is 3. The van der Waals surface area contributed by atoms with E-state index >= 15 is 0 Å². The number of carbonyl (C=O) groups is 2. The highest BCUT2D eigenvalue weighted by atomic mass is 19.2. The smallest absolute Gasteiger partial charge is 0.481 e. The number of carboxylic acids is 1. The van der Waals surface area contributed by atoms with Gasteiger partial charge in [-0.05, 0) is 0 Å². The topological polar surface area (TPSA) is 104 Å². The van der Waals surface area contributed by atoms with E-state index in [1.807, 2.05) is 0 Å². The SMILES string of the molecule is O=C(O)c1c(F)c(F)c(F)c(F)c1C(=O)OB(O)O. The van der Waals surface area contributed by atoms with Crippen LogP contribution in [0.3, 0.4) is 0 Å². The van der Waals surface area contributed by atoms with Gasteiger partial charge in [0.25, 0.3) is 0 Å². The molecule has 0 saturated carbocycles. The normalized spacial score (nSPS) is 10.2. The molecule has 0 aliphatic rings. The lowest BCUT2D eigenvalue weighted by molar-refractivity contribution is 0.0608. The van der Waals surface area contributed by atoms with Crippen LogP contribution in [0.5, 0.6) is 0 Å². The van der Waals surface area contributed by atoms with Gasteiger partial charge in [-0.1, -0.05) is 0 Å². The molecule has 19 heavy (non-hydrogen) atoms. The van der Waals surface area contributed by atoms with E-state index in [-0.39, 0.29) is 0 Å². The number of benzene rings is 1. The zero-order chi connectivity index (χ0) is 14.9. The van der Waals surface area contributed by atoms with E-state index in [4.69, 9.17) is 15.2 Å². The standard InChI is InChI=1S/C8H3BF4O6/c10-3-1(7(14)15)2(8(16)19-9(17)18)4(11)6(13)5(3)12/h17-18H,(H,14,15). The molecule has 0 heterocycles. The van der Waals surface area contributed by atoms with Crippen LogP contribution in [0.2, 0.25) is 0 Å². The van der Waals surface area contributed by atoms with Crippen molar-refractivity contribution in [3.63, 3.8) is 0 Å². The number of aromatic carboxylic acids is 1. The minimum Gasteiger partial charge on any atom is -0.481 e. The third-order valence-electron chi connectivity index (χ3n) is 1.90. The molecule has 0 fully saturated rings. The fourth-order valence-corrected chi connectivity index (χ4v) is 1.18. The van der Waals surface area contributed by atoms with Crippen molar-refractivity contribution < 1.29 is 47.0 Å². The minimum absolute atomic E-state index is 1.81. The molecular formula is C8H3BF4O6. The Hall–Kier alpha value is -2.14. The highest BCUT2D eigenvalue weighted by Gasteiger charge is 2.34. The van der Waals surface area contributed by atoms with Crippen molar-refractivity contribution in [1.29, 1.82) is 0 Å². The first-order chi connectivity index (χ1) is 8.68. The molecule has 102 valence electrons. The Balaban J connectivity index is 3.61. The molecule has 0 aliphatic carbocycles. The van der Waals surface area contributed by atoms with Gasteiger partial charge in [-0.3, -0.25) is 0 Å². The van der Waals surface area contributed by atoms with Crippen molar-refractivity contribution in [1.82, 2.24) is 0 Å². The first kappa shape index (κ1) is 14.9. The van der Waals surface area contributed by atoms with Gasteiger partial charge in [0, 0.05) is 0 Å². The van der Waals surface area contributed by atoms with Crippen molar-refractivity contribution in [2.24, 2.45) is 0 Å². The summed E-state index contributed by atoms with van der Waals surface area (Å²) in [5.74, 6) is -13.9. The fraction of sp³-hybridized carbons (Fsp3) is 0. The predicted octanol–water partition coefficient (Wildman–Crippen LogP) is 0.0675. The molecule has 1 aromatic carbocycles. The molecule has 3 N–H and O–H groups in total. The second kappa shape index (κ2) is 5.24. The summed E-state index contributed by atoms with van der Waals surface area (Å²) in [5.41, 5.74) is -3.64. The van der Waals surface area contributed by atoms with E-state index < -0.39 is 53.7 Å². The quantitative estimate of drug-likeness (QED) is 0.313. The summed E-state index contributed by atoms with van der Waals surface area (Å²) in [6.07, 6.45) is 0. The Kier molecular flexibility index (Phi) is 4.12. The zero-order valence-corrected chi connectivity index (χ0v) is 8.66. The summed E-state index contributed by atoms with van der Waals surface area (Å²) >= 11 is 0. The minimum atomic E-state index is -2.79. The maximum absolute atomic E-state index is 13.3. The molecule has 0 radical (unpaired) electrons. The lowest BCUT2D eigenvalue weighted by Gasteiger charge is -2.10. The molecule has 0 spiro atoms. The lowest BCUT2D eigenvalue weighted by atomic mass is 10.0. The highest BCUT2D eigenvalue weighted by molar-refractivity contribution is 6.36. The van der Waals surface area contributed by atoms with Gasteiger partial charge >= 0.3 is 19.3 Å². The second-order valence-corrected chi connectivity index (χ2v) is 3.04. The van der Waals surface area contributed by atoms with E-state index in [0.29, 0.717) is 0 Å². The molecule has 0 bridgehead atoms. The van der Waals surface area contributed by atoms with Crippen LogP contribution in [0.15, 0.2) is 0 Å². The monoisotopic (exact) mass is 282 g/mol. The van der Waals surface area contributed by atoms with Crippen LogP contribution < -0.4 is 0 Å². The van der Waals surface area contributed by atoms with Crippen molar-refractivity contribution in [2.75, 3.05) is 0 Å². The Labute approximate surface area is 102 Å². The molecule has 0 amide bonds. The van der Waals surface area contributed by atoms with E-state index in [0.717, 1.165) is 0 Å². The number of hydrogen-bond acceptors (Lipinski definition) is 5. The second-order valence-electron chi connectivity index (χ2n) is 3.04. The summed E-state index contributed by atoms with van der Waals surface area (Å²) in [7, 11) is -2.79. The highest BCUT2D eigenvalue weighted by Crippen LogP contribution is 2.25. The van der Waals surface area contributed by atoms with Gasteiger partial charge in [-0.15, -0.1) is 0 Å². The van der Waals surface area contributed by atoms with Crippen molar-refractivity contribution in [3.05, 3.63) is 34.4 Å². The molecule has 11 heteroatoms. The van der Waals surface area contributed by atoms with Gasteiger partial charge in [0.2, 0.25) is 0 Å². The van der Waals surface area contributed by atoms with Crippen LogP contribution in [0.25, 0.3) is 0 Å². The van der Waals surface area contributed by atoms with E-state index in [1.165, 1.54) is 0 Å². The van der Waals surface area contributed by atoms with Crippen molar-refractivity contribution in [2.45, 2.75) is 0 Å². The third-order valence-corrected chi connectivity index (χ3v) is 1.90. The number of carboxylic acid groups (broad SMARTS) is 1. The average molecular weight is 282 g/mol. The van der Waals surface area contributed by atoms with Crippen LogP contribution in [-0.2, 0) is 4.65 Å². The Morgan fingerprint density at radius 2 is 1.32 bits per heavy atom. The van der Waals surface area contributed by atoms with E-state index in [1.54, 1.807) is 0 Å². The summed E-state index contributed by atoms with van der Waals surface area (Å²) in [6, 6.07) is 0. The Bertz CT molecular complexity index is 561. The summed E-state index contributed by atoms with van der Waals surface area (Å²) in [6.45, 7) is 0. The fourth-order valence-electron chi connectivity index (χ4n) is 1.18. The molecule has 0 aromatic heterocycles. The number of carbonyl (C=O) groups excluding carboxylic acids is 1. The molecular weight excluding hydrogens is 279 g/mol. The maximum Gasteiger partial charge on any atom is 0.709 e. The number of halogens is 4. The zero-order valence-electron chi connectivity index (χ0n) is 8.66. The van der Waals surface area contributed by atoms with Crippen molar-refractivity contribution >= 4 is 19.3 Å². The Morgan fingerprint density at radius 3 is 1.68 bits per heavy atom. The molecule has 1 rings (SSSR count). The molecule has 6 nitrogen and oxygen atoms in total. The van der Waals surface area contributed by atoms with E-state index in [9.17, 15) is 27.2 Å². The van der Waals surface area contributed by atoms with Crippen LogP contribution in [0.4, 0.5) is 17.6 Å². The summed E-state index contributed by atoms with van der Waals surface area (Å²) < 4.78 is 55.7. The Morgan fingerprint density at radius 1 is 0.895 bits per heavy atom. The first-order valence-electron chi connectivity index (χ1n) is 4.34. The summed E-state index contributed by atoms with van der Waals surface area (Å²) in [5, 5.41) is 25.1. The summed E-state index contributed by atoms with van der Waals surface area (Å²) in [4.78, 5) is 21.7. The average Bonchev–Trinajstić information content (AvgIpc) is 2.29. The molecule has 0 atom stereocenters. The van der Waals surface area contributed by atoms with Crippen LogP contribution in [0.1, 0.15) is 20.7 Å². The van der Waals surface area contributed by atoms with Gasteiger partial charge in [0.1, 0.15) is 11.1 Å². The van der Waals surface area contributed by atoms with Crippen LogP contribution in [-0.4, -0.2) is 34.4 Å². The third kappa shape index (κ3) is 2.66. The molecule has 0 unspecified atom stereocenters. The lowest BCUT2D eigenvalue weighted by Crippen LogP contribution is -2.26. The molecule has 0 saturated heterocycles. The van der Waals surface area contributed by atoms with E-state index in [2.05, 4.69) is 4.65 Å².